The minimum atomic E-state index is -4.39. The Morgan fingerprint density at radius 1 is 0.340 bits per heavy atom. The van der Waals surface area contributed by atoms with Gasteiger partial charge in [-0.3, -0.25) is 0 Å². The van der Waals surface area contributed by atoms with E-state index in [-0.39, 0.29) is 33.9 Å². The third-order valence-electron chi connectivity index (χ3n) is 7.61. The van der Waals surface area contributed by atoms with Crippen molar-refractivity contribution in [3.8, 4) is 50.6 Å². The topological polar surface area (TPSA) is 157 Å². The maximum absolute atomic E-state index is 14.3. The average Bonchev–Trinajstić information content (AvgIpc) is 3.12. The molecule has 0 aliphatic carbocycles. The number of rotatable bonds is 12. The number of phosphoric acid groups is 1. The van der Waals surface area contributed by atoms with Gasteiger partial charge in [-0.05, 0) is 106 Å². The number of carbonyl (C=O) groups is 3. The van der Waals surface area contributed by atoms with Gasteiger partial charge in [0.2, 0.25) is 0 Å². The van der Waals surface area contributed by atoms with E-state index in [4.69, 9.17) is 13.6 Å². The summed E-state index contributed by atoms with van der Waals surface area (Å²) in [5.41, 5.74) is 5.11. The molecule has 0 saturated carbocycles. The first-order valence-corrected chi connectivity index (χ1v) is 16.5. The lowest BCUT2D eigenvalue weighted by Gasteiger charge is -2.20. The molecule has 50 heavy (non-hydrogen) atoms. The van der Waals surface area contributed by atoms with Gasteiger partial charge in [0, 0.05) is 0 Å². The molecule has 11 heteroatoms. The second kappa shape index (κ2) is 14.2. The van der Waals surface area contributed by atoms with E-state index < -0.39 is 25.7 Å². The predicted octanol–water partition coefficient (Wildman–Crippen LogP) is 9.43. The second-order valence-corrected chi connectivity index (χ2v) is 12.4. The molecule has 0 atom stereocenters. The zero-order valence-corrected chi connectivity index (χ0v) is 26.9. The lowest BCUT2D eigenvalue weighted by Crippen LogP contribution is -2.07. The van der Waals surface area contributed by atoms with Crippen molar-refractivity contribution in [1.29, 1.82) is 0 Å². The van der Waals surface area contributed by atoms with E-state index in [0.29, 0.717) is 0 Å². The van der Waals surface area contributed by atoms with E-state index in [2.05, 4.69) is 0 Å². The van der Waals surface area contributed by atoms with Gasteiger partial charge in [0.05, 0.1) is 16.7 Å². The number of phosphoric ester groups is 1. The van der Waals surface area contributed by atoms with Crippen LogP contribution in [0.4, 0.5) is 0 Å². The fraction of sp³-hybridized carbons (Fsp3) is 0. The predicted molar refractivity (Wildman–Crippen MR) is 186 cm³/mol. The molecule has 0 bridgehead atoms. The molecule has 0 aliphatic rings. The summed E-state index contributed by atoms with van der Waals surface area (Å²) in [5.74, 6) is -2.52. The summed E-state index contributed by atoms with van der Waals surface area (Å²) in [5, 5.41) is 27.5. The Labute approximate surface area is 286 Å². The van der Waals surface area contributed by atoms with Gasteiger partial charge >= 0.3 is 25.7 Å². The van der Waals surface area contributed by atoms with Crippen molar-refractivity contribution in [1.82, 2.24) is 0 Å². The zero-order chi connectivity index (χ0) is 35.3. The molecule has 248 valence electrons. The van der Waals surface area contributed by atoms with Crippen molar-refractivity contribution >= 4 is 25.7 Å². The number of carboxylic acids is 3. The molecule has 0 amide bonds. The van der Waals surface area contributed by atoms with Gasteiger partial charge in [-0.1, -0.05) is 72.8 Å². The Bertz CT molecular complexity index is 1940. The third kappa shape index (κ3) is 7.90. The Kier molecular flexibility index (Phi) is 9.47. The Hall–Kier alpha value is -6.64. The fourth-order valence-corrected chi connectivity index (χ4v) is 6.24. The molecular formula is C39H27O10P. The summed E-state index contributed by atoms with van der Waals surface area (Å²) in [6.45, 7) is 0. The molecule has 0 fully saturated rings. The van der Waals surface area contributed by atoms with E-state index in [1.165, 1.54) is 36.4 Å². The van der Waals surface area contributed by atoms with Crippen molar-refractivity contribution in [2.45, 2.75) is 0 Å². The molecule has 0 aromatic heterocycles. The first-order valence-electron chi connectivity index (χ1n) is 15.1. The van der Waals surface area contributed by atoms with Crippen LogP contribution in [0.5, 0.6) is 17.2 Å². The van der Waals surface area contributed by atoms with Crippen LogP contribution >= 0.6 is 7.82 Å². The number of aromatic carboxylic acids is 3. The smallest absolute Gasteiger partial charge is 0.478 e. The van der Waals surface area contributed by atoms with Gasteiger partial charge < -0.3 is 28.9 Å². The molecule has 0 unspecified atom stereocenters. The summed E-state index contributed by atoms with van der Waals surface area (Å²) in [4.78, 5) is 33.6. The number of hydrogen-bond acceptors (Lipinski definition) is 7. The van der Waals surface area contributed by atoms with Gasteiger partial charge in [0.1, 0.15) is 17.2 Å². The van der Waals surface area contributed by atoms with Crippen LogP contribution < -0.4 is 13.6 Å². The quantitative estimate of drug-likeness (QED) is 0.106. The van der Waals surface area contributed by atoms with Crippen LogP contribution in [0, 0.1) is 0 Å². The van der Waals surface area contributed by atoms with Gasteiger partial charge in [-0.15, -0.1) is 0 Å². The minimum Gasteiger partial charge on any atom is -0.478 e. The molecule has 6 aromatic carbocycles. The van der Waals surface area contributed by atoms with Gasteiger partial charge in [0.25, 0.3) is 0 Å². The molecular weight excluding hydrogens is 659 g/mol. The average molecular weight is 687 g/mol. The highest BCUT2D eigenvalue weighted by Gasteiger charge is 2.33. The van der Waals surface area contributed by atoms with Crippen molar-refractivity contribution in [2.75, 3.05) is 0 Å². The summed E-state index contributed by atoms with van der Waals surface area (Å²) >= 11 is 0. The van der Waals surface area contributed by atoms with Gasteiger partial charge in [-0.2, -0.15) is 4.57 Å². The fourth-order valence-electron chi connectivity index (χ4n) is 4.98. The first-order chi connectivity index (χ1) is 24.0. The van der Waals surface area contributed by atoms with Gasteiger partial charge in [0.15, 0.2) is 0 Å². The molecule has 0 heterocycles. The SMILES string of the molecule is O=C(O)c1ccc(-c2ccc(OP(=O)(Oc3ccc(-c4ccc(C(=O)O)cc4)cc3)Oc3ccc(-c4ccc(C(=O)O)cc4)cc3)cc2)cc1. The number of hydrogen-bond donors (Lipinski definition) is 3. The normalized spacial score (nSPS) is 11.0. The van der Waals surface area contributed by atoms with Gasteiger partial charge in [-0.25, -0.2) is 14.4 Å². The zero-order valence-electron chi connectivity index (χ0n) is 26.0. The maximum Gasteiger partial charge on any atom is 0.647 e. The first kappa shape index (κ1) is 33.3. The van der Waals surface area contributed by atoms with Crippen LogP contribution in [-0.2, 0) is 4.57 Å². The number of carboxylic acid groups (broad SMARTS) is 3. The number of benzene rings is 6. The molecule has 0 saturated heterocycles. The molecule has 0 radical (unpaired) electrons. The minimum absolute atomic E-state index is 0.164. The Morgan fingerprint density at radius 3 is 0.700 bits per heavy atom. The highest BCUT2D eigenvalue weighted by molar-refractivity contribution is 7.49. The van der Waals surface area contributed by atoms with E-state index in [9.17, 15) is 34.3 Å². The van der Waals surface area contributed by atoms with Crippen molar-refractivity contribution in [2.24, 2.45) is 0 Å². The van der Waals surface area contributed by atoms with E-state index >= 15 is 0 Å². The van der Waals surface area contributed by atoms with Crippen LogP contribution in [0.3, 0.4) is 0 Å². The lowest BCUT2D eigenvalue weighted by atomic mass is 10.0. The molecule has 10 nitrogen and oxygen atoms in total. The summed E-state index contributed by atoms with van der Waals surface area (Å²) < 4.78 is 31.9. The van der Waals surface area contributed by atoms with Crippen LogP contribution in [-0.4, -0.2) is 33.2 Å². The Morgan fingerprint density at radius 2 is 0.520 bits per heavy atom. The summed E-state index contributed by atoms with van der Waals surface area (Å²) in [6.07, 6.45) is 0. The molecule has 6 aromatic rings. The Balaban J connectivity index is 1.24. The monoisotopic (exact) mass is 686 g/mol. The second-order valence-electron chi connectivity index (χ2n) is 10.9. The maximum atomic E-state index is 14.3. The highest BCUT2D eigenvalue weighted by atomic mass is 31.2. The summed E-state index contributed by atoms with van der Waals surface area (Å²) in [7, 11) is -4.39. The highest BCUT2D eigenvalue weighted by Crippen LogP contribution is 2.50. The van der Waals surface area contributed by atoms with Crippen molar-refractivity contribution in [3.05, 3.63) is 162 Å². The van der Waals surface area contributed by atoms with Crippen LogP contribution in [0.25, 0.3) is 33.4 Å². The molecule has 3 N–H and O–H groups in total. The van der Waals surface area contributed by atoms with Crippen LogP contribution in [0.1, 0.15) is 31.1 Å². The van der Waals surface area contributed by atoms with Crippen LogP contribution in [0.15, 0.2) is 146 Å². The standard InChI is InChI=1S/C39H27O10P/c40-37(41)31-7-1-25(2-8-31)28-13-19-34(20-14-28)47-50(46,48-35-21-15-29(16-22-35)26-3-9-32(10-4-26)38(42)43)49-36-23-17-30(18-24-36)27-5-11-33(12-6-27)39(44)45/h1-24H,(H,40,41)(H,42,43)(H,44,45). The molecule has 0 spiro atoms. The molecule has 0 aliphatic heterocycles. The van der Waals surface area contributed by atoms with Crippen LogP contribution in [0.2, 0.25) is 0 Å². The van der Waals surface area contributed by atoms with Crippen molar-refractivity contribution < 1.29 is 47.8 Å². The third-order valence-corrected chi connectivity index (χ3v) is 8.91. The molecule has 6 rings (SSSR count). The van der Waals surface area contributed by atoms with E-state index in [0.717, 1.165) is 33.4 Å². The van der Waals surface area contributed by atoms with E-state index in [1.807, 2.05) is 0 Å². The largest absolute Gasteiger partial charge is 0.647 e. The van der Waals surface area contributed by atoms with Crippen molar-refractivity contribution in [3.63, 3.8) is 0 Å². The summed E-state index contributed by atoms with van der Waals surface area (Å²) in [6, 6.07) is 39.0. The lowest BCUT2D eigenvalue weighted by molar-refractivity contribution is 0.0686. The van der Waals surface area contributed by atoms with E-state index in [1.54, 1.807) is 109 Å².